The number of anilines is 1. The zero-order valence-corrected chi connectivity index (χ0v) is 13.4. The van der Waals surface area contributed by atoms with E-state index < -0.39 is 0 Å². The molecule has 0 saturated heterocycles. The minimum Gasteiger partial charge on any atom is -0.490 e. The van der Waals surface area contributed by atoms with Crippen molar-refractivity contribution in [3.05, 3.63) is 52.0 Å². The van der Waals surface area contributed by atoms with Crippen LogP contribution >= 0.6 is 35.0 Å². The van der Waals surface area contributed by atoms with Gasteiger partial charge in [0.15, 0.2) is 5.75 Å². The predicted octanol–water partition coefficient (Wildman–Crippen LogP) is 5.06. The van der Waals surface area contributed by atoms with E-state index in [-0.39, 0.29) is 0 Å². The normalized spacial score (nSPS) is 10.6. The van der Waals surface area contributed by atoms with Gasteiger partial charge in [0.1, 0.15) is 0 Å². The van der Waals surface area contributed by atoms with Crippen LogP contribution in [0.25, 0.3) is 0 Å². The van der Waals surface area contributed by atoms with E-state index in [4.69, 9.17) is 33.7 Å². The standard InChI is InChI=1S/C15H15Cl2NOS/c1-10-5-6-11(18)9-14(10)20-8-7-19-15-12(16)3-2-4-13(15)17/h2-6,9H,7-8,18H2,1H3. The average molecular weight is 328 g/mol. The van der Waals surface area contributed by atoms with Crippen molar-refractivity contribution in [2.45, 2.75) is 11.8 Å². The van der Waals surface area contributed by atoms with Crippen LogP contribution in [0.1, 0.15) is 5.56 Å². The number of hydrogen-bond donors (Lipinski definition) is 1. The van der Waals surface area contributed by atoms with Gasteiger partial charge >= 0.3 is 0 Å². The van der Waals surface area contributed by atoms with E-state index in [9.17, 15) is 0 Å². The second-order valence-electron chi connectivity index (χ2n) is 4.27. The van der Waals surface area contributed by atoms with Crippen molar-refractivity contribution < 1.29 is 4.74 Å². The van der Waals surface area contributed by atoms with Gasteiger partial charge in [0, 0.05) is 16.3 Å². The molecule has 0 amide bonds. The Labute approximate surface area is 133 Å². The molecule has 2 rings (SSSR count). The molecule has 20 heavy (non-hydrogen) atoms. The van der Waals surface area contributed by atoms with E-state index in [1.54, 1.807) is 30.0 Å². The molecule has 2 aromatic carbocycles. The summed E-state index contributed by atoms with van der Waals surface area (Å²) in [5, 5.41) is 1.06. The van der Waals surface area contributed by atoms with Crippen molar-refractivity contribution in [2.24, 2.45) is 0 Å². The number of para-hydroxylation sites is 1. The van der Waals surface area contributed by atoms with Gasteiger partial charge < -0.3 is 10.5 Å². The Morgan fingerprint density at radius 3 is 2.55 bits per heavy atom. The fourth-order valence-corrected chi connectivity index (χ4v) is 3.10. The summed E-state index contributed by atoms with van der Waals surface area (Å²) < 4.78 is 5.64. The molecule has 0 aliphatic carbocycles. The summed E-state index contributed by atoms with van der Waals surface area (Å²) in [7, 11) is 0. The van der Waals surface area contributed by atoms with Crippen molar-refractivity contribution in [2.75, 3.05) is 18.1 Å². The molecule has 106 valence electrons. The molecule has 0 aliphatic rings. The predicted molar refractivity (Wildman–Crippen MR) is 88.3 cm³/mol. The molecule has 0 heterocycles. The number of thioether (sulfide) groups is 1. The quantitative estimate of drug-likeness (QED) is 0.474. The molecule has 0 spiro atoms. The van der Waals surface area contributed by atoms with Gasteiger partial charge in [-0.25, -0.2) is 0 Å². The Morgan fingerprint density at radius 2 is 1.85 bits per heavy atom. The van der Waals surface area contributed by atoms with Crippen molar-refractivity contribution in [3.8, 4) is 5.75 Å². The fraction of sp³-hybridized carbons (Fsp3) is 0.200. The first-order valence-electron chi connectivity index (χ1n) is 6.13. The molecule has 0 aliphatic heterocycles. The second kappa shape index (κ2) is 7.11. The molecular formula is C15H15Cl2NOS. The Hall–Kier alpha value is -1.03. The number of benzene rings is 2. The molecule has 0 saturated carbocycles. The number of nitrogen functional groups attached to an aromatic ring is 1. The Bertz CT molecular complexity index is 584. The molecule has 0 fully saturated rings. The van der Waals surface area contributed by atoms with Crippen LogP contribution < -0.4 is 10.5 Å². The Balaban J connectivity index is 1.89. The lowest BCUT2D eigenvalue weighted by molar-refractivity contribution is 0.344. The topological polar surface area (TPSA) is 35.2 Å². The summed E-state index contributed by atoms with van der Waals surface area (Å²) in [6.45, 7) is 2.59. The van der Waals surface area contributed by atoms with Crippen LogP contribution in [-0.4, -0.2) is 12.4 Å². The van der Waals surface area contributed by atoms with E-state index in [2.05, 4.69) is 6.92 Å². The van der Waals surface area contributed by atoms with Crippen LogP contribution in [0.15, 0.2) is 41.3 Å². The largest absolute Gasteiger partial charge is 0.490 e. The molecular weight excluding hydrogens is 313 g/mol. The molecule has 2 aromatic rings. The number of halogens is 2. The summed E-state index contributed by atoms with van der Waals surface area (Å²) in [6.07, 6.45) is 0. The minimum atomic E-state index is 0.530. The lowest BCUT2D eigenvalue weighted by Crippen LogP contribution is -2.01. The number of aryl methyl sites for hydroxylation is 1. The van der Waals surface area contributed by atoms with Gasteiger partial charge in [-0.3, -0.25) is 0 Å². The third-order valence-corrected chi connectivity index (χ3v) is 4.44. The van der Waals surface area contributed by atoms with E-state index in [0.717, 1.165) is 11.4 Å². The zero-order valence-electron chi connectivity index (χ0n) is 11.0. The van der Waals surface area contributed by atoms with Crippen LogP contribution in [0.5, 0.6) is 5.75 Å². The summed E-state index contributed by atoms with van der Waals surface area (Å²) in [5.74, 6) is 1.34. The smallest absolute Gasteiger partial charge is 0.156 e. The van der Waals surface area contributed by atoms with Gasteiger partial charge in [-0.05, 0) is 36.8 Å². The van der Waals surface area contributed by atoms with Crippen molar-refractivity contribution >= 4 is 40.7 Å². The molecule has 0 atom stereocenters. The maximum absolute atomic E-state index is 6.04. The van der Waals surface area contributed by atoms with Gasteiger partial charge in [-0.2, -0.15) is 0 Å². The number of ether oxygens (including phenoxy) is 1. The second-order valence-corrected chi connectivity index (χ2v) is 6.22. The van der Waals surface area contributed by atoms with E-state index in [1.807, 2.05) is 18.2 Å². The first kappa shape index (κ1) is 15.4. The van der Waals surface area contributed by atoms with Crippen molar-refractivity contribution in [3.63, 3.8) is 0 Å². The minimum absolute atomic E-state index is 0.530. The van der Waals surface area contributed by atoms with Gasteiger partial charge in [0.05, 0.1) is 16.7 Å². The third-order valence-electron chi connectivity index (χ3n) is 2.72. The Morgan fingerprint density at radius 1 is 1.15 bits per heavy atom. The summed E-state index contributed by atoms with van der Waals surface area (Å²) in [6, 6.07) is 11.2. The van der Waals surface area contributed by atoms with Gasteiger partial charge in [0.2, 0.25) is 0 Å². The number of rotatable bonds is 5. The van der Waals surface area contributed by atoms with Crippen LogP contribution in [0.2, 0.25) is 10.0 Å². The number of hydrogen-bond acceptors (Lipinski definition) is 3. The van der Waals surface area contributed by atoms with Crippen LogP contribution in [-0.2, 0) is 0 Å². The van der Waals surface area contributed by atoms with Crippen molar-refractivity contribution in [1.82, 2.24) is 0 Å². The molecule has 0 bridgehead atoms. The lowest BCUT2D eigenvalue weighted by atomic mass is 10.2. The number of nitrogens with two attached hydrogens (primary N) is 1. The summed E-state index contributed by atoms with van der Waals surface area (Å²) >= 11 is 13.8. The van der Waals surface area contributed by atoms with E-state index in [0.29, 0.717) is 22.4 Å². The monoisotopic (exact) mass is 327 g/mol. The third kappa shape index (κ3) is 3.98. The van der Waals surface area contributed by atoms with E-state index in [1.165, 1.54) is 10.5 Å². The molecule has 2 nitrogen and oxygen atoms in total. The highest BCUT2D eigenvalue weighted by molar-refractivity contribution is 7.99. The fourth-order valence-electron chi connectivity index (χ4n) is 1.69. The molecule has 5 heteroatoms. The highest BCUT2D eigenvalue weighted by Crippen LogP contribution is 2.32. The zero-order chi connectivity index (χ0) is 14.5. The maximum Gasteiger partial charge on any atom is 0.156 e. The highest BCUT2D eigenvalue weighted by Gasteiger charge is 2.06. The van der Waals surface area contributed by atoms with Gasteiger partial charge in [0.25, 0.3) is 0 Å². The summed E-state index contributed by atoms with van der Waals surface area (Å²) in [4.78, 5) is 1.17. The first-order valence-corrected chi connectivity index (χ1v) is 7.88. The summed E-state index contributed by atoms with van der Waals surface area (Å²) in [5.41, 5.74) is 7.76. The molecule has 0 unspecified atom stereocenters. The van der Waals surface area contributed by atoms with Crippen LogP contribution in [0.4, 0.5) is 5.69 Å². The molecule has 0 radical (unpaired) electrons. The SMILES string of the molecule is Cc1ccc(N)cc1SCCOc1c(Cl)cccc1Cl. The highest BCUT2D eigenvalue weighted by atomic mass is 35.5. The van der Waals surface area contributed by atoms with Gasteiger partial charge in [-0.15, -0.1) is 11.8 Å². The Kier molecular flexibility index (Phi) is 5.46. The first-order chi connectivity index (χ1) is 9.58. The van der Waals surface area contributed by atoms with Crippen LogP contribution in [0, 0.1) is 6.92 Å². The van der Waals surface area contributed by atoms with Crippen LogP contribution in [0.3, 0.4) is 0 Å². The van der Waals surface area contributed by atoms with Gasteiger partial charge in [-0.1, -0.05) is 35.3 Å². The van der Waals surface area contributed by atoms with Crippen molar-refractivity contribution in [1.29, 1.82) is 0 Å². The average Bonchev–Trinajstić information content (AvgIpc) is 2.41. The lowest BCUT2D eigenvalue weighted by Gasteiger charge is -2.10. The van der Waals surface area contributed by atoms with E-state index >= 15 is 0 Å². The molecule has 2 N–H and O–H groups in total. The molecule has 0 aromatic heterocycles. The maximum atomic E-state index is 6.04.